The van der Waals surface area contributed by atoms with Crippen LogP contribution in [0.15, 0.2) is 42.5 Å². The third-order valence-electron chi connectivity index (χ3n) is 3.26. The fourth-order valence-electron chi connectivity index (χ4n) is 2.31. The van der Waals surface area contributed by atoms with Crippen LogP contribution in [0.4, 0.5) is 0 Å². The van der Waals surface area contributed by atoms with E-state index in [1.54, 1.807) is 0 Å². The summed E-state index contributed by atoms with van der Waals surface area (Å²) < 4.78 is 5.43. The summed E-state index contributed by atoms with van der Waals surface area (Å²) in [5.41, 5.74) is 0.760. The summed E-state index contributed by atoms with van der Waals surface area (Å²) in [6, 6.07) is 13.9. The number of carbonyl (C=O) groups excluding carboxylic acids is 1. The summed E-state index contributed by atoms with van der Waals surface area (Å²) in [7, 11) is 0. The van der Waals surface area contributed by atoms with Crippen LogP contribution in [0.1, 0.15) is 23.2 Å². The van der Waals surface area contributed by atoms with Crippen LogP contribution >= 0.6 is 0 Å². The van der Waals surface area contributed by atoms with E-state index in [0.717, 1.165) is 29.2 Å². The van der Waals surface area contributed by atoms with Gasteiger partial charge < -0.3 is 4.74 Å². The van der Waals surface area contributed by atoms with Gasteiger partial charge in [0.2, 0.25) is 0 Å². The number of Topliss-reactive ketones (excluding diaryl/α,β-unsaturated/α-hetero) is 1. The van der Waals surface area contributed by atoms with Crippen LogP contribution in [0.25, 0.3) is 10.8 Å². The molecule has 1 unspecified atom stereocenters. The van der Waals surface area contributed by atoms with Gasteiger partial charge in [-0.2, -0.15) is 0 Å². The average Bonchev–Trinajstić information content (AvgIpc) is 2.91. The first kappa shape index (κ1) is 10.5. The molecule has 0 spiro atoms. The molecule has 1 aliphatic heterocycles. The Hall–Kier alpha value is -1.67. The molecule has 0 bridgehead atoms. The molecule has 0 aliphatic carbocycles. The summed E-state index contributed by atoms with van der Waals surface area (Å²) in [6.07, 6.45) is 1.62. The molecule has 1 atom stereocenters. The topological polar surface area (TPSA) is 26.3 Å². The van der Waals surface area contributed by atoms with Crippen molar-refractivity contribution in [1.29, 1.82) is 0 Å². The van der Waals surface area contributed by atoms with Gasteiger partial charge in [0.1, 0.15) is 6.10 Å². The number of fused-ring (bicyclic) bond motifs is 1. The van der Waals surface area contributed by atoms with E-state index in [4.69, 9.17) is 4.74 Å². The predicted octanol–water partition coefficient (Wildman–Crippen LogP) is 3.20. The van der Waals surface area contributed by atoms with Crippen molar-refractivity contribution in [3.05, 3.63) is 48.0 Å². The van der Waals surface area contributed by atoms with E-state index in [1.165, 1.54) is 0 Å². The molecule has 1 heterocycles. The molecular weight excluding hydrogens is 212 g/mol. The Labute approximate surface area is 100 Å². The summed E-state index contributed by atoms with van der Waals surface area (Å²) in [6.45, 7) is 0.712. The maximum Gasteiger partial charge on any atom is 0.191 e. The van der Waals surface area contributed by atoms with Gasteiger partial charge in [-0.1, -0.05) is 36.4 Å². The Morgan fingerprint density at radius 1 is 1.12 bits per heavy atom. The van der Waals surface area contributed by atoms with Crippen LogP contribution < -0.4 is 0 Å². The Morgan fingerprint density at radius 3 is 2.71 bits per heavy atom. The van der Waals surface area contributed by atoms with Gasteiger partial charge in [-0.3, -0.25) is 4.79 Å². The molecule has 0 aromatic heterocycles. The maximum atomic E-state index is 12.2. The second kappa shape index (κ2) is 4.30. The second-order valence-corrected chi connectivity index (χ2v) is 4.43. The molecule has 2 heteroatoms. The van der Waals surface area contributed by atoms with Crippen molar-refractivity contribution in [3.8, 4) is 0 Å². The molecule has 17 heavy (non-hydrogen) atoms. The largest absolute Gasteiger partial charge is 0.370 e. The Kier molecular flexibility index (Phi) is 2.65. The number of hydrogen-bond acceptors (Lipinski definition) is 2. The van der Waals surface area contributed by atoms with E-state index in [-0.39, 0.29) is 11.9 Å². The molecule has 1 fully saturated rings. The zero-order chi connectivity index (χ0) is 11.7. The molecular formula is C15H14O2. The van der Waals surface area contributed by atoms with Gasteiger partial charge in [-0.15, -0.1) is 0 Å². The van der Waals surface area contributed by atoms with Gasteiger partial charge in [0.15, 0.2) is 5.78 Å². The van der Waals surface area contributed by atoms with E-state index in [9.17, 15) is 4.79 Å². The first-order valence-electron chi connectivity index (χ1n) is 5.99. The van der Waals surface area contributed by atoms with Crippen molar-refractivity contribution in [2.24, 2.45) is 0 Å². The molecule has 2 aromatic rings. The number of carbonyl (C=O) groups is 1. The van der Waals surface area contributed by atoms with E-state index >= 15 is 0 Å². The summed E-state index contributed by atoms with van der Waals surface area (Å²) in [4.78, 5) is 12.2. The second-order valence-electron chi connectivity index (χ2n) is 4.43. The van der Waals surface area contributed by atoms with Crippen LogP contribution in [0.2, 0.25) is 0 Å². The summed E-state index contributed by atoms with van der Waals surface area (Å²) in [5.74, 6) is 0.119. The van der Waals surface area contributed by atoms with Gasteiger partial charge >= 0.3 is 0 Å². The van der Waals surface area contributed by atoms with E-state index in [2.05, 4.69) is 6.07 Å². The molecule has 0 amide bonds. The molecule has 1 saturated heterocycles. The molecule has 86 valence electrons. The van der Waals surface area contributed by atoms with Crippen molar-refractivity contribution < 1.29 is 9.53 Å². The summed E-state index contributed by atoms with van der Waals surface area (Å²) >= 11 is 0. The molecule has 2 aromatic carbocycles. The lowest BCUT2D eigenvalue weighted by Crippen LogP contribution is -2.19. The molecule has 0 N–H and O–H groups in total. The Balaban J connectivity index is 1.97. The lowest BCUT2D eigenvalue weighted by Gasteiger charge is -2.08. The SMILES string of the molecule is O=C(c1ccc2ccccc2c1)C1CCCO1. The number of ketones is 1. The molecule has 1 aliphatic rings. The number of benzene rings is 2. The number of rotatable bonds is 2. The molecule has 0 saturated carbocycles. The van der Waals surface area contributed by atoms with E-state index in [0.29, 0.717) is 6.61 Å². The zero-order valence-electron chi connectivity index (χ0n) is 9.56. The van der Waals surface area contributed by atoms with Crippen LogP contribution in [0, 0.1) is 0 Å². The van der Waals surface area contributed by atoms with E-state index in [1.807, 2.05) is 36.4 Å². The zero-order valence-corrected chi connectivity index (χ0v) is 9.56. The van der Waals surface area contributed by atoms with Gasteiger partial charge in [0, 0.05) is 12.2 Å². The highest BCUT2D eigenvalue weighted by Gasteiger charge is 2.24. The van der Waals surface area contributed by atoms with E-state index < -0.39 is 0 Å². The highest BCUT2D eigenvalue weighted by Crippen LogP contribution is 2.21. The fraction of sp³-hybridized carbons (Fsp3) is 0.267. The van der Waals surface area contributed by atoms with Crippen LogP contribution in [0.3, 0.4) is 0 Å². The number of ether oxygens (including phenoxy) is 1. The molecule has 0 radical (unpaired) electrons. The van der Waals surface area contributed by atoms with Crippen molar-refractivity contribution >= 4 is 16.6 Å². The number of hydrogen-bond donors (Lipinski definition) is 0. The average molecular weight is 226 g/mol. The van der Waals surface area contributed by atoms with Crippen molar-refractivity contribution in [1.82, 2.24) is 0 Å². The standard InChI is InChI=1S/C15H14O2/c16-15(14-6-3-9-17-14)13-8-7-11-4-1-2-5-12(11)10-13/h1-2,4-5,7-8,10,14H,3,6,9H2. The first-order chi connectivity index (χ1) is 8.34. The highest BCUT2D eigenvalue weighted by molar-refractivity contribution is 6.02. The Bertz CT molecular complexity index is 554. The minimum absolute atomic E-state index is 0.119. The molecule has 2 nitrogen and oxygen atoms in total. The van der Waals surface area contributed by atoms with Crippen LogP contribution in [-0.2, 0) is 4.74 Å². The quantitative estimate of drug-likeness (QED) is 0.735. The smallest absolute Gasteiger partial charge is 0.191 e. The fourth-order valence-corrected chi connectivity index (χ4v) is 2.31. The lowest BCUT2D eigenvalue weighted by atomic mass is 10.0. The minimum Gasteiger partial charge on any atom is -0.370 e. The normalized spacial score (nSPS) is 19.6. The Morgan fingerprint density at radius 2 is 1.94 bits per heavy atom. The predicted molar refractivity (Wildman–Crippen MR) is 67.3 cm³/mol. The van der Waals surface area contributed by atoms with Gasteiger partial charge in [0.05, 0.1) is 0 Å². The van der Waals surface area contributed by atoms with Gasteiger partial charge in [-0.05, 0) is 29.7 Å². The third kappa shape index (κ3) is 1.96. The molecule has 3 rings (SSSR count). The summed E-state index contributed by atoms with van der Waals surface area (Å²) in [5, 5.41) is 2.27. The highest BCUT2D eigenvalue weighted by atomic mass is 16.5. The first-order valence-corrected chi connectivity index (χ1v) is 5.99. The van der Waals surface area contributed by atoms with Gasteiger partial charge in [0.25, 0.3) is 0 Å². The monoisotopic (exact) mass is 226 g/mol. The van der Waals surface area contributed by atoms with Crippen molar-refractivity contribution in [2.45, 2.75) is 18.9 Å². The lowest BCUT2D eigenvalue weighted by molar-refractivity contribution is 0.0643. The van der Waals surface area contributed by atoms with Crippen molar-refractivity contribution in [3.63, 3.8) is 0 Å². The minimum atomic E-state index is -0.226. The van der Waals surface area contributed by atoms with Crippen molar-refractivity contribution in [2.75, 3.05) is 6.61 Å². The van der Waals surface area contributed by atoms with Crippen LogP contribution in [-0.4, -0.2) is 18.5 Å². The third-order valence-corrected chi connectivity index (χ3v) is 3.26. The maximum absolute atomic E-state index is 12.2. The van der Waals surface area contributed by atoms with Gasteiger partial charge in [-0.25, -0.2) is 0 Å². The van der Waals surface area contributed by atoms with Crippen LogP contribution in [0.5, 0.6) is 0 Å².